The summed E-state index contributed by atoms with van der Waals surface area (Å²) in [6, 6.07) is 0. The molecule has 0 saturated carbocycles. The molecule has 0 aliphatic carbocycles. The van der Waals surface area contributed by atoms with Crippen LogP contribution in [0.2, 0.25) is 0 Å². The number of rotatable bonds is 4. The maximum Gasteiger partial charge on any atom is 0.355 e. The van der Waals surface area contributed by atoms with Gasteiger partial charge in [0.1, 0.15) is 5.16 Å². The summed E-state index contributed by atoms with van der Waals surface area (Å²) in [7, 11) is 0. The number of nitrogens with zero attached hydrogens (tertiary/aromatic N) is 1. The number of aliphatic carboxylic acids is 1. The van der Waals surface area contributed by atoms with Crippen LogP contribution in [-0.4, -0.2) is 33.8 Å². The summed E-state index contributed by atoms with van der Waals surface area (Å²) in [6.45, 7) is 1.43. The fourth-order valence-electron chi connectivity index (χ4n) is 1.03. The summed E-state index contributed by atoms with van der Waals surface area (Å²) in [5.41, 5.74) is -0.430. The third-order valence-electron chi connectivity index (χ3n) is 1.62. The standard InChI is InChI=1S/C8H8ClNO4/c1-3(11)2-4(12)5-6(8(13)14)10-7(5)9/h3,11H,2H2,1H3,(H,13,14)/t3-/m0/s1. The van der Waals surface area contributed by atoms with E-state index in [1.165, 1.54) is 6.92 Å². The largest absolute Gasteiger partial charge is 0.476 e. The molecule has 0 unspecified atom stereocenters. The number of hydrogen-bond donors (Lipinski definition) is 2. The Morgan fingerprint density at radius 2 is 2.14 bits per heavy atom. The molecule has 1 heterocycles. The Morgan fingerprint density at radius 1 is 1.57 bits per heavy atom. The van der Waals surface area contributed by atoms with Crippen molar-refractivity contribution in [2.45, 2.75) is 19.4 Å². The number of carboxylic acid groups (broad SMARTS) is 1. The molecule has 0 bridgehead atoms. The molecule has 0 aromatic carbocycles. The number of hydrogen-bond acceptors (Lipinski definition) is 4. The van der Waals surface area contributed by atoms with E-state index in [4.69, 9.17) is 21.8 Å². The molecule has 5 nitrogen and oxygen atoms in total. The summed E-state index contributed by atoms with van der Waals surface area (Å²) < 4.78 is 0. The van der Waals surface area contributed by atoms with Gasteiger partial charge in [0.2, 0.25) is 0 Å². The second-order valence-corrected chi connectivity index (χ2v) is 3.27. The summed E-state index contributed by atoms with van der Waals surface area (Å²) in [4.78, 5) is 25.2. The Bertz CT molecular complexity index is 356. The van der Waals surface area contributed by atoms with Gasteiger partial charge in [0, 0.05) is 6.42 Å². The molecule has 6 heteroatoms. The van der Waals surface area contributed by atoms with Crippen LogP contribution in [0.15, 0.2) is 15.7 Å². The zero-order chi connectivity index (χ0) is 10.9. The molecule has 0 fully saturated rings. The van der Waals surface area contributed by atoms with Crippen LogP contribution in [0.25, 0.3) is 0 Å². The zero-order valence-corrected chi connectivity index (χ0v) is 8.08. The van der Waals surface area contributed by atoms with Crippen molar-refractivity contribution >= 4 is 29.1 Å². The van der Waals surface area contributed by atoms with E-state index in [1.54, 1.807) is 0 Å². The summed E-state index contributed by atoms with van der Waals surface area (Å²) in [6.07, 6.45) is -0.979. The first-order chi connectivity index (χ1) is 6.43. The Labute approximate surface area is 84.7 Å². The maximum absolute atomic E-state index is 11.3. The monoisotopic (exact) mass is 217 g/mol. The van der Waals surface area contributed by atoms with Crippen molar-refractivity contribution in [1.29, 1.82) is 0 Å². The van der Waals surface area contributed by atoms with Gasteiger partial charge in [-0.05, 0) is 6.92 Å². The first-order valence-corrected chi connectivity index (χ1v) is 4.24. The van der Waals surface area contributed by atoms with Crippen molar-refractivity contribution in [3.8, 4) is 0 Å². The second-order valence-electron chi connectivity index (χ2n) is 2.91. The van der Waals surface area contributed by atoms with E-state index in [0.29, 0.717) is 0 Å². The third kappa shape index (κ3) is 2.00. The van der Waals surface area contributed by atoms with Crippen LogP contribution in [0, 0.1) is 0 Å². The molecule has 1 atom stereocenters. The highest BCUT2D eigenvalue weighted by atomic mass is 35.5. The van der Waals surface area contributed by atoms with Gasteiger partial charge in [0.05, 0.1) is 11.7 Å². The summed E-state index contributed by atoms with van der Waals surface area (Å²) >= 11 is 5.46. The average Bonchev–Trinajstić information content (AvgIpc) is 1.97. The van der Waals surface area contributed by atoms with Crippen LogP contribution in [-0.2, 0) is 9.59 Å². The first-order valence-electron chi connectivity index (χ1n) is 3.87. The van der Waals surface area contributed by atoms with Crippen molar-refractivity contribution in [2.75, 3.05) is 0 Å². The third-order valence-corrected chi connectivity index (χ3v) is 1.89. The van der Waals surface area contributed by atoms with E-state index in [1.807, 2.05) is 0 Å². The van der Waals surface area contributed by atoms with Gasteiger partial charge in [0.15, 0.2) is 11.5 Å². The molecule has 1 aliphatic heterocycles. The van der Waals surface area contributed by atoms with Crippen LogP contribution in [0.1, 0.15) is 13.3 Å². The Kier molecular flexibility index (Phi) is 3.03. The molecule has 14 heavy (non-hydrogen) atoms. The van der Waals surface area contributed by atoms with Gasteiger partial charge in [0.25, 0.3) is 0 Å². The van der Waals surface area contributed by atoms with Crippen LogP contribution >= 0.6 is 11.6 Å². The second kappa shape index (κ2) is 3.89. The van der Waals surface area contributed by atoms with E-state index in [9.17, 15) is 9.59 Å². The quantitative estimate of drug-likeness (QED) is 0.664. The number of carbonyl (C=O) groups excluding carboxylic acids is 1. The molecule has 0 spiro atoms. The van der Waals surface area contributed by atoms with Crippen molar-refractivity contribution in [2.24, 2.45) is 4.99 Å². The van der Waals surface area contributed by atoms with E-state index < -0.39 is 17.9 Å². The minimum absolute atomic E-state index is 0.0972. The van der Waals surface area contributed by atoms with Gasteiger partial charge in [-0.1, -0.05) is 11.6 Å². The molecule has 0 aromatic heterocycles. The number of Topliss-reactive ketones (excluding diaryl/α,β-unsaturated/α-hetero) is 1. The van der Waals surface area contributed by atoms with E-state index in [-0.39, 0.29) is 22.9 Å². The molecule has 76 valence electrons. The first kappa shape index (κ1) is 10.9. The molecule has 0 saturated heterocycles. The smallest absolute Gasteiger partial charge is 0.355 e. The van der Waals surface area contributed by atoms with Crippen LogP contribution in [0.4, 0.5) is 0 Å². The SMILES string of the molecule is C[C@H](O)CC(=O)C1=C(Cl)N=C1C(=O)O. The molecular formula is C8H8ClNO4. The van der Waals surface area contributed by atoms with Crippen molar-refractivity contribution in [3.05, 3.63) is 10.7 Å². The highest BCUT2D eigenvalue weighted by Gasteiger charge is 2.32. The Balaban J connectivity index is 2.74. The predicted molar refractivity (Wildman–Crippen MR) is 49.3 cm³/mol. The van der Waals surface area contributed by atoms with Gasteiger partial charge in [-0.25, -0.2) is 9.79 Å². The number of carbonyl (C=O) groups is 2. The van der Waals surface area contributed by atoms with Gasteiger partial charge in [-0.2, -0.15) is 0 Å². The zero-order valence-electron chi connectivity index (χ0n) is 7.32. The summed E-state index contributed by atoms with van der Waals surface area (Å²) in [5.74, 6) is -1.79. The van der Waals surface area contributed by atoms with Gasteiger partial charge < -0.3 is 10.2 Å². The molecule has 0 radical (unpaired) electrons. The lowest BCUT2D eigenvalue weighted by Gasteiger charge is -2.15. The van der Waals surface area contributed by atoms with E-state index in [2.05, 4.69) is 4.99 Å². The highest BCUT2D eigenvalue weighted by Crippen LogP contribution is 2.25. The fourth-order valence-corrected chi connectivity index (χ4v) is 1.31. The normalized spacial score (nSPS) is 17.2. The molecule has 0 aromatic rings. The van der Waals surface area contributed by atoms with E-state index >= 15 is 0 Å². The van der Waals surface area contributed by atoms with E-state index in [0.717, 1.165) is 0 Å². The van der Waals surface area contributed by atoms with Crippen LogP contribution < -0.4 is 0 Å². The van der Waals surface area contributed by atoms with Crippen molar-refractivity contribution in [3.63, 3.8) is 0 Å². The molecule has 0 amide bonds. The van der Waals surface area contributed by atoms with Crippen molar-refractivity contribution < 1.29 is 19.8 Å². The fraction of sp³-hybridized carbons (Fsp3) is 0.375. The maximum atomic E-state index is 11.3. The lowest BCUT2D eigenvalue weighted by molar-refractivity contribution is -0.129. The minimum atomic E-state index is -1.29. The molecule has 1 aliphatic rings. The number of halogens is 1. The Morgan fingerprint density at radius 3 is 2.50 bits per heavy atom. The molecule has 1 rings (SSSR count). The minimum Gasteiger partial charge on any atom is -0.476 e. The average molecular weight is 218 g/mol. The summed E-state index contributed by atoms with van der Waals surface area (Å²) in [5, 5.41) is 17.4. The van der Waals surface area contributed by atoms with Crippen LogP contribution in [0.5, 0.6) is 0 Å². The van der Waals surface area contributed by atoms with Gasteiger partial charge >= 0.3 is 5.97 Å². The number of aliphatic imine (C=N–C) groups is 1. The topological polar surface area (TPSA) is 87.0 Å². The lowest BCUT2D eigenvalue weighted by atomic mass is 9.99. The van der Waals surface area contributed by atoms with Crippen molar-refractivity contribution in [1.82, 2.24) is 0 Å². The number of aliphatic hydroxyl groups excluding tert-OH is 1. The Hall–Kier alpha value is -1.20. The highest BCUT2D eigenvalue weighted by molar-refractivity contribution is 6.56. The predicted octanol–water partition coefficient (Wildman–Crippen LogP) is 0.316. The van der Waals surface area contributed by atoms with Gasteiger partial charge in [-0.3, -0.25) is 4.79 Å². The molecule has 2 N–H and O–H groups in total. The number of ketones is 1. The molecular weight excluding hydrogens is 210 g/mol. The van der Waals surface area contributed by atoms with Crippen LogP contribution in [0.3, 0.4) is 0 Å². The van der Waals surface area contributed by atoms with Gasteiger partial charge in [-0.15, -0.1) is 0 Å². The number of aliphatic hydroxyl groups is 1. The number of carboxylic acids is 1. The lowest BCUT2D eigenvalue weighted by Crippen LogP contribution is -2.29.